The number of rotatable bonds is 7. The van der Waals surface area contributed by atoms with Crippen molar-refractivity contribution >= 4 is 5.82 Å². The van der Waals surface area contributed by atoms with Crippen molar-refractivity contribution in [3.8, 4) is 0 Å². The first kappa shape index (κ1) is 12.7. The number of H-pyrrole nitrogens is 1. The first-order valence-electron chi connectivity index (χ1n) is 5.65. The predicted molar refractivity (Wildman–Crippen MR) is 63.6 cm³/mol. The quantitative estimate of drug-likeness (QED) is 0.606. The summed E-state index contributed by atoms with van der Waals surface area (Å²) in [5.74, 6) is 1.25. The Balaban J connectivity index is 2.24. The van der Waals surface area contributed by atoms with E-state index >= 15 is 0 Å². The van der Waals surface area contributed by atoms with Crippen LogP contribution in [0.1, 0.15) is 31.5 Å². The molecule has 5 heteroatoms. The van der Waals surface area contributed by atoms with Crippen molar-refractivity contribution in [3.05, 3.63) is 22.2 Å². The maximum Gasteiger partial charge on any atom is 0.252 e. The van der Waals surface area contributed by atoms with Crippen LogP contribution < -0.4 is 10.9 Å². The molecule has 0 saturated heterocycles. The van der Waals surface area contributed by atoms with Gasteiger partial charge in [-0.15, -0.1) is 0 Å². The number of aromatic amines is 1. The Morgan fingerprint density at radius 2 is 2.12 bits per heavy atom. The molecule has 0 atom stereocenters. The molecule has 0 aliphatic carbocycles. The van der Waals surface area contributed by atoms with Gasteiger partial charge in [0, 0.05) is 19.2 Å². The molecule has 1 rings (SSSR count). The molecular weight excluding hydrogens is 206 g/mol. The molecule has 16 heavy (non-hydrogen) atoms. The predicted octanol–water partition coefficient (Wildman–Crippen LogP) is 1.04. The average molecular weight is 225 g/mol. The van der Waals surface area contributed by atoms with Crippen molar-refractivity contribution in [1.82, 2.24) is 9.97 Å². The van der Waals surface area contributed by atoms with Crippen LogP contribution in [0.15, 0.2) is 10.9 Å². The SMILES string of the molecule is Cc1nc(NCCCCCCO)cc(=O)[nH]1. The van der Waals surface area contributed by atoms with Gasteiger partial charge in [0.1, 0.15) is 11.6 Å². The summed E-state index contributed by atoms with van der Waals surface area (Å²) in [4.78, 5) is 17.9. The summed E-state index contributed by atoms with van der Waals surface area (Å²) in [5.41, 5.74) is -0.129. The van der Waals surface area contributed by atoms with E-state index < -0.39 is 0 Å². The van der Waals surface area contributed by atoms with Crippen molar-refractivity contribution in [1.29, 1.82) is 0 Å². The number of anilines is 1. The van der Waals surface area contributed by atoms with Crippen LogP contribution >= 0.6 is 0 Å². The van der Waals surface area contributed by atoms with Gasteiger partial charge < -0.3 is 15.4 Å². The number of aromatic nitrogens is 2. The normalized spacial score (nSPS) is 10.4. The van der Waals surface area contributed by atoms with E-state index in [-0.39, 0.29) is 12.2 Å². The largest absolute Gasteiger partial charge is 0.396 e. The molecule has 0 aromatic carbocycles. The van der Waals surface area contributed by atoms with Crippen molar-refractivity contribution in [2.75, 3.05) is 18.5 Å². The van der Waals surface area contributed by atoms with Crippen molar-refractivity contribution in [2.24, 2.45) is 0 Å². The minimum absolute atomic E-state index is 0.129. The van der Waals surface area contributed by atoms with E-state index in [0.717, 1.165) is 32.2 Å². The third-order valence-electron chi connectivity index (χ3n) is 2.25. The van der Waals surface area contributed by atoms with Gasteiger partial charge in [-0.1, -0.05) is 12.8 Å². The van der Waals surface area contributed by atoms with E-state index in [1.807, 2.05) is 0 Å². The summed E-state index contributed by atoms with van der Waals surface area (Å²) < 4.78 is 0. The van der Waals surface area contributed by atoms with Gasteiger partial charge in [-0.2, -0.15) is 0 Å². The van der Waals surface area contributed by atoms with Gasteiger partial charge in [-0.3, -0.25) is 4.79 Å². The molecule has 1 aromatic rings. The topological polar surface area (TPSA) is 78.0 Å². The number of aliphatic hydroxyl groups excluding tert-OH is 1. The molecule has 90 valence electrons. The van der Waals surface area contributed by atoms with E-state index in [9.17, 15) is 4.79 Å². The monoisotopic (exact) mass is 225 g/mol. The maximum absolute atomic E-state index is 11.1. The van der Waals surface area contributed by atoms with Crippen LogP contribution in [0.2, 0.25) is 0 Å². The Morgan fingerprint density at radius 3 is 2.81 bits per heavy atom. The zero-order chi connectivity index (χ0) is 11.8. The van der Waals surface area contributed by atoms with Gasteiger partial charge in [0.25, 0.3) is 5.56 Å². The Hall–Kier alpha value is -1.36. The standard InChI is InChI=1S/C11H19N3O2/c1-9-13-10(8-11(16)14-9)12-6-4-2-3-5-7-15/h8,15H,2-7H2,1H3,(H2,12,13,14,16). The maximum atomic E-state index is 11.1. The van der Waals surface area contributed by atoms with Crippen LogP contribution in [-0.4, -0.2) is 28.2 Å². The van der Waals surface area contributed by atoms with E-state index in [0.29, 0.717) is 11.6 Å². The second-order valence-electron chi connectivity index (χ2n) is 3.78. The zero-order valence-corrected chi connectivity index (χ0v) is 9.62. The fourth-order valence-corrected chi connectivity index (χ4v) is 1.48. The van der Waals surface area contributed by atoms with Gasteiger partial charge in [-0.25, -0.2) is 4.98 Å². The second kappa shape index (κ2) is 7.00. The Kier molecular flexibility index (Phi) is 5.56. The van der Waals surface area contributed by atoms with E-state index in [2.05, 4.69) is 15.3 Å². The number of hydrogen-bond donors (Lipinski definition) is 3. The van der Waals surface area contributed by atoms with Crippen molar-refractivity contribution < 1.29 is 5.11 Å². The van der Waals surface area contributed by atoms with Gasteiger partial charge in [-0.05, 0) is 19.8 Å². The number of aryl methyl sites for hydroxylation is 1. The highest BCUT2D eigenvalue weighted by Gasteiger charge is 1.96. The molecule has 0 radical (unpaired) electrons. The van der Waals surface area contributed by atoms with Crippen molar-refractivity contribution in [2.45, 2.75) is 32.6 Å². The van der Waals surface area contributed by atoms with Gasteiger partial charge in [0.05, 0.1) is 0 Å². The van der Waals surface area contributed by atoms with Crippen LogP contribution in [0.5, 0.6) is 0 Å². The minimum Gasteiger partial charge on any atom is -0.396 e. The molecule has 1 aromatic heterocycles. The fraction of sp³-hybridized carbons (Fsp3) is 0.636. The number of unbranched alkanes of at least 4 members (excludes halogenated alkanes) is 3. The molecule has 0 unspecified atom stereocenters. The van der Waals surface area contributed by atoms with Crippen LogP contribution in [0.25, 0.3) is 0 Å². The number of hydrogen-bond acceptors (Lipinski definition) is 4. The lowest BCUT2D eigenvalue weighted by Crippen LogP contribution is -2.12. The second-order valence-corrected chi connectivity index (χ2v) is 3.78. The highest BCUT2D eigenvalue weighted by atomic mass is 16.2. The summed E-state index contributed by atoms with van der Waals surface area (Å²) in [6, 6.07) is 1.46. The minimum atomic E-state index is -0.129. The number of aliphatic hydroxyl groups is 1. The third-order valence-corrected chi connectivity index (χ3v) is 2.25. The summed E-state index contributed by atoms with van der Waals surface area (Å²) in [6.45, 7) is 2.83. The van der Waals surface area contributed by atoms with Crippen LogP contribution in [0.3, 0.4) is 0 Å². The van der Waals surface area contributed by atoms with Gasteiger partial charge >= 0.3 is 0 Å². The molecular formula is C11H19N3O2. The van der Waals surface area contributed by atoms with Crippen LogP contribution in [0.4, 0.5) is 5.82 Å². The van der Waals surface area contributed by atoms with E-state index in [1.165, 1.54) is 6.07 Å². The van der Waals surface area contributed by atoms with Crippen LogP contribution in [-0.2, 0) is 0 Å². The van der Waals surface area contributed by atoms with Gasteiger partial charge in [0.15, 0.2) is 0 Å². The molecule has 1 heterocycles. The smallest absolute Gasteiger partial charge is 0.252 e. The zero-order valence-electron chi connectivity index (χ0n) is 9.62. The first-order chi connectivity index (χ1) is 7.72. The lowest BCUT2D eigenvalue weighted by Gasteiger charge is -2.05. The molecule has 0 bridgehead atoms. The highest BCUT2D eigenvalue weighted by molar-refractivity contribution is 5.32. The number of nitrogens with one attached hydrogen (secondary N) is 2. The fourth-order valence-electron chi connectivity index (χ4n) is 1.48. The Labute approximate surface area is 94.9 Å². The Bertz CT molecular complexity index is 362. The first-order valence-corrected chi connectivity index (χ1v) is 5.65. The molecule has 0 saturated carbocycles. The molecule has 0 spiro atoms. The molecule has 0 fully saturated rings. The molecule has 3 N–H and O–H groups in total. The molecule has 0 amide bonds. The summed E-state index contributed by atoms with van der Waals surface area (Å²) >= 11 is 0. The van der Waals surface area contributed by atoms with Crippen LogP contribution in [0, 0.1) is 6.92 Å². The lowest BCUT2D eigenvalue weighted by molar-refractivity contribution is 0.283. The molecule has 5 nitrogen and oxygen atoms in total. The third kappa shape index (κ3) is 4.93. The van der Waals surface area contributed by atoms with Gasteiger partial charge in [0.2, 0.25) is 0 Å². The summed E-state index contributed by atoms with van der Waals surface area (Å²) in [7, 11) is 0. The molecule has 0 aliphatic heterocycles. The summed E-state index contributed by atoms with van der Waals surface area (Å²) in [6.07, 6.45) is 4.01. The average Bonchev–Trinajstić information content (AvgIpc) is 2.22. The van der Waals surface area contributed by atoms with Crippen molar-refractivity contribution in [3.63, 3.8) is 0 Å². The van der Waals surface area contributed by atoms with E-state index in [1.54, 1.807) is 6.92 Å². The van der Waals surface area contributed by atoms with E-state index in [4.69, 9.17) is 5.11 Å². The summed E-state index contributed by atoms with van der Waals surface area (Å²) in [5, 5.41) is 11.7. The molecule has 0 aliphatic rings. The Morgan fingerprint density at radius 1 is 1.38 bits per heavy atom. The number of nitrogens with zero attached hydrogens (tertiary/aromatic N) is 1. The lowest BCUT2D eigenvalue weighted by atomic mass is 10.2. The highest BCUT2D eigenvalue weighted by Crippen LogP contribution is 2.02.